The third-order valence-corrected chi connectivity index (χ3v) is 3.86. The lowest BCUT2D eigenvalue weighted by molar-refractivity contribution is -0.118. The van der Waals surface area contributed by atoms with Crippen LogP contribution in [-0.4, -0.2) is 15.6 Å². The molecule has 2 unspecified atom stereocenters. The first-order chi connectivity index (χ1) is 7.66. The first-order valence-electron chi connectivity index (χ1n) is 4.56. The summed E-state index contributed by atoms with van der Waals surface area (Å²) in [5.74, 6) is -0.574. The van der Waals surface area contributed by atoms with Crippen LogP contribution in [0, 0.1) is 5.92 Å². The number of nitrogens with one attached hydrogen (secondary N) is 1. The van der Waals surface area contributed by atoms with Gasteiger partial charge in [0.05, 0.1) is 26.9 Å². The van der Waals surface area contributed by atoms with Crippen molar-refractivity contribution in [3.8, 4) is 0 Å². The maximum Gasteiger partial charge on any atom is 0.233 e. The molecule has 84 valence electrons. The molecule has 3 nitrogen and oxygen atoms in total. The Balaban J connectivity index is 2.04. The van der Waals surface area contributed by atoms with Gasteiger partial charge in [-0.25, -0.2) is 0 Å². The number of carbonyl (C=O) groups excluding carboxylic acids is 1. The quantitative estimate of drug-likeness (QED) is 0.843. The molecule has 1 aromatic heterocycles. The van der Waals surface area contributed by atoms with Crippen molar-refractivity contribution in [3.05, 3.63) is 35.0 Å². The zero-order valence-electron chi connectivity index (χ0n) is 8.06. The number of halogens is 2. The van der Waals surface area contributed by atoms with E-state index in [2.05, 4.69) is 10.3 Å². The van der Waals surface area contributed by atoms with Crippen molar-refractivity contribution >= 4 is 46.6 Å². The first-order valence-corrected chi connectivity index (χ1v) is 6.25. The van der Waals surface area contributed by atoms with Crippen LogP contribution in [0.15, 0.2) is 35.0 Å². The van der Waals surface area contributed by atoms with Gasteiger partial charge in [-0.05, 0) is 18.2 Å². The van der Waals surface area contributed by atoms with Gasteiger partial charge >= 0.3 is 0 Å². The number of hydrogen-bond acceptors (Lipinski definition) is 3. The van der Waals surface area contributed by atoms with Crippen molar-refractivity contribution in [1.82, 2.24) is 4.98 Å². The Morgan fingerprint density at radius 2 is 2.38 bits per heavy atom. The van der Waals surface area contributed by atoms with Crippen LogP contribution in [0.3, 0.4) is 0 Å². The third-order valence-electron chi connectivity index (χ3n) is 2.05. The molecule has 6 heteroatoms. The standard InChI is InChI=1S/C10H8Cl2N2OS/c11-8-4-7(9(12)16-8)10(15)14-6-2-1-3-13-5-6/h1-5,7,9H,(H,14,15). The van der Waals surface area contributed by atoms with Crippen molar-refractivity contribution in [2.24, 2.45) is 5.92 Å². The summed E-state index contributed by atoms with van der Waals surface area (Å²) in [7, 11) is 0. The minimum atomic E-state index is -0.403. The zero-order chi connectivity index (χ0) is 11.5. The van der Waals surface area contributed by atoms with Crippen LogP contribution in [0.25, 0.3) is 0 Å². The number of hydrogen-bond donors (Lipinski definition) is 1. The summed E-state index contributed by atoms with van der Waals surface area (Å²) in [5, 5.41) is 2.73. The molecule has 0 aromatic carbocycles. The molecular formula is C10H8Cl2N2OS. The van der Waals surface area contributed by atoms with Crippen LogP contribution in [0.2, 0.25) is 0 Å². The maximum atomic E-state index is 11.8. The lowest BCUT2D eigenvalue weighted by Gasteiger charge is -2.11. The SMILES string of the molecule is O=C(Nc1cccnc1)C1C=C(Cl)SC1Cl. The van der Waals surface area contributed by atoms with E-state index in [9.17, 15) is 4.79 Å². The van der Waals surface area contributed by atoms with E-state index in [1.807, 2.05) is 0 Å². The molecule has 0 saturated carbocycles. The molecule has 2 atom stereocenters. The monoisotopic (exact) mass is 274 g/mol. The molecule has 1 amide bonds. The van der Waals surface area contributed by atoms with Crippen molar-refractivity contribution in [2.45, 2.75) is 4.71 Å². The number of carbonyl (C=O) groups is 1. The normalized spacial score (nSPS) is 24.0. The van der Waals surface area contributed by atoms with Gasteiger partial charge in [-0.2, -0.15) is 0 Å². The largest absolute Gasteiger partial charge is 0.324 e. The van der Waals surface area contributed by atoms with Gasteiger partial charge in [-0.1, -0.05) is 23.4 Å². The highest BCUT2D eigenvalue weighted by Crippen LogP contribution is 2.41. The number of nitrogens with zero attached hydrogens (tertiary/aromatic N) is 1. The lowest BCUT2D eigenvalue weighted by Crippen LogP contribution is -2.24. The predicted octanol–water partition coefficient (Wildman–Crippen LogP) is 3.03. The average molecular weight is 275 g/mol. The van der Waals surface area contributed by atoms with E-state index >= 15 is 0 Å². The Hall–Kier alpha value is -0.710. The van der Waals surface area contributed by atoms with Crippen LogP contribution in [0.4, 0.5) is 5.69 Å². The zero-order valence-corrected chi connectivity index (χ0v) is 10.4. The Kier molecular flexibility index (Phi) is 3.74. The van der Waals surface area contributed by atoms with Crippen LogP contribution in [-0.2, 0) is 4.79 Å². The minimum Gasteiger partial charge on any atom is -0.324 e. The van der Waals surface area contributed by atoms with E-state index in [-0.39, 0.29) is 10.6 Å². The van der Waals surface area contributed by atoms with Gasteiger partial charge in [0.15, 0.2) is 0 Å². The number of anilines is 1. The third kappa shape index (κ3) is 2.70. The second kappa shape index (κ2) is 5.08. The van der Waals surface area contributed by atoms with E-state index in [4.69, 9.17) is 23.2 Å². The highest BCUT2D eigenvalue weighted by Gasteiger charge is 2.31. The van der Waals surface area contributed by atoms with E-state index in [0.29, 0.717) is 10.1 Å². The molecule has 2 heterocycles. The van der Waals surface area contributed by atoms with Gasteiger partial charge in [0.25, 0.3) is 0 Å². The summed E-state index contributed by atoms with van der Waals surface area (Å²) in [6.45, 7) is 0. The minimum absolute atomic E-state index is 0.170. The second-order valence-corrected chi connectivity index (χ2v) is 5.74. The number of pyridine rings is 1. The number of rotatable bonds is 2. The van der Waals surface area contributed by atoms with Gasteiger partial charge < -0.3 is 5.32 Å². The molecule has 0 radical (unpaired) electrons. The molecule has 1 aliphatic heterocycles. The molecule has 0 saturated heterocycles. The van der Waals surface area contributed by atoms with Crippen LogP contribution >= 0.6 is 35.0 Å². The molecule has 16 heavy (non-hydrogen) atoms. The number of aromatic nitrogens is 1. The highest BCUT2D eigenvalue weighted by molar-refractivity contribution is 8.06. The van der Waals surface area contributed by atoms with Gasteiger partial charge in [-0.3, -0.25) is 9.78 Å². The van der Waals surface area contributed by atoms with Crippen molar-refractivity contribution in [2.75, 3.05) is 5.32 Å². The van der Waals surface area contributed by atoms with Gasteiger partial charge in [0, 0.05) is 6.20 Å². The number of alkyl halides is 1. The first kappa shape index (κ1) is 11.8. The summed E-state index contributed by atoms with van der Waals surface area (Å²) >= 11 is 13.1. The predicted molar refractivity (Wildman–Crippen MR) is 67.5 cm³/mol. The summed E-state index contributed by atoms with van der Waals surface area (Å²) in [5.41, 5.74) is 0.651. The Bertz CT molecular complexity index is 424. The summed E-state index contributed by atoms with van der Waals surface area (Å²) in [4.78, 5) is 15.7. The molecule has 1 aliphatic rings. The average Bonchev–Trinajstić information content (AvgIpc) is 2.59. The molecule has 0 spiro atoms. The Morgan fingerprint density at radius 3 is 2.94 bits per heavy atom. The molecule has 0 fully saturated rings. The molecule has 0 bridgehead atoms. The lowest BCUT2D eigenvalue weighted by atomic mass is 10.1. The van der Waals surface area contributed by atoms with Crippen molar-refractivity contribution < 1.29 is 4.79 Å². The van der Waals surface area contributed by atoms with Gasteiger partial charge in [-0.15, -0.1) is 11.6 Å². The molecule has 1 aromatic rings. The molecule has 1 N–H and O–H groups in total. The van der Waals surface area contributed by atoms with Crippen LogP contribution in [0.5, 0.6) is 0 Å². The molecule has 0 aliphatic carbocycles. The fourth-order valence-electron chi connectivity index (χ4n) is 1.29. The topological polar surface area (TPSA) is 42.0 Å². The van der Waals surface area contributed by atoms with E-state index in [1.165, 1.54) is 11.8 Å². The fraction of sp³-hybridized carbons (Fsp3) is 0.200. The maximum absolute atomic E-state index is 11.8. The highest BCUT2D eigenvalue weighted by atomic mass is 35.5. The Labute approximate surface area is 107 Å². The van der Waals surface area contributed by atoms with E-state index < -0.39 is 5.92 Å². The van der Waals surface area contributed by atoms with Gasteiger partial charge in [0.1, 0.15) is 0 Å². The van der Waals surface area contributed by atoms with Crippen molar-refractivity contribution in [1.29, 1.82) is 0 Å². The number of amides is 1. The Morgan fingerprint density at radius 1 is 1.56 bits per heavy atom. The smallest absolute Gasteiger partial charge is 0.233 e. The fourth-order valence-corrected chi connectivity index (χ4v) is 3.12. The van der Waals surface area contributed by atoms with E-state index in [0.717, 1.165) is 0 Å². The van der Waals surface area contributed by atoms with Crippen LogP contribution in [0.1, 0.15) is 0 Å². The van der Waals surface area contributed by atoms with Crippen LogP contribution < -0.4 is 5.32 Å². The van der Waals surface area contributed by atoms with E-state index in [1.54, 1.807) is 30.6 Å². The molecule has 2 rings (SSSR count). The summed E-state index contributed by atoms with van der Waals surface area (Å²) in [6.07, 6.45) is 4.88. The van der Waals surface area contributed by atoms with Crippen molar-refractivity contribution in [3.63, 3.8) is 0 Å². The van der Waals surface area contributed by atoms with Gasteiger partial charge in [0.2, 0.25) is 5.91 Å². The molecular weight excluding hydrogens is 267 g/mol. The second-order valence-electron chi connectivity index (χ2n) is 3.20. The summed E-state index contributed by atoms with van der Waals surface area (Å²) < 4.78 is 0.218. The number of thioether (sulfide) groups is 1. The summed E-state index contributed by atoms with van der Waals surface area (Å²) in [6, 6.07) is 3.52.